The number of methoxy groups -OCH3 is 3. The molecule has 3 aromatic rings. The molecule has 0 bridgehead atoms. The fraction of sp³-hybridized carbons (Fsp3) is 0.560. The maximum atomic E-state index is 8.74. The standard InChI is InChI=1S/C25H35N3O5S.H2O4S/c1-6-10-27(18-9-8-11-33-15-18)23-24(31-5)26-28-19(16-34-25(23)28)22-20(29-3)12-17(14-32-7-2)13-21(22)30-4;1-5(2,3)4/h12-13,16,18H,6-11,14-15H2,1-5H3;(H2,1,2,3,4). The number of benzene rings is 1. The molecule has 1 aliphatic rings. The number of anilines is 1. The summed E-state index contributed by atoms with van der Waals surface area (Å²) in [7, 11) is 0.363. The summed E-state index contributed by atoms with van der Waals surface area (Å²) in [5.74, 6) is 2.06. The predicted molar refractivity (Wildman–Crippen MR) is 149 cm³/mol. The molecular formula is C25H37N3O9S2. The molecule has 1 aliphatic heterocycles. The van der Waals surface area contributed by atoms with Crippen LogP contribution in [-0.2, 0) is 26.5 Å². The van der Waals surface area contributed by atoms with E-state index in [1.165, 1.54) is 0 Å². The second-order valence-electron chi connectivity index (χ2n) is 8.72. The Labute approximate surface area is 233 Å². The second-order valence-corrected chi connectivity index (χ2v) is 10.5. The lowest BCUT2D eigenvalue weighted by Crippen LogP contribution is -2.41. The second kappa shape index (κ2) is 14.1. The molecule has 0 spiro atoms. The largest absolute Gasteiger partial charge is 0.496 e. The highest BCUT2D eigenvalue weighted by Crippen LogP contribution is 2.45. The first-order valence-electron chi connectivity index (χ1n) is 12.6. The van der Waals surface area contributed by atoms with Gasteiger partial charge >= 0.3 is 10.4 Å². The van der Waals surface area contributed by atoms with Crippen LogP contribution >= 0.6 is 11.3 Å². The smallest absolute Gasteiger partial charge is 0.394 e. The van der Waals surface area contributed by atoms with Crippen molar-refractivity contribution < 1.29 is 41.2 Å². The minimum Gasteiger partial charge on any atom is -0.496 e. The topological polar surface area (TPSA) is 141 Å². The van der Waals surface area contributed by atoms with E-state index in [0.717, 1.165) is 77.9 Å². The number of aromatic nitrogens is 2. The number of hydrogen-bond acceptors (Lipinski definition) is 10. The molecular weight excluding hydrogens is 550 g/mol. The van der Waals surface area contributed by atoms with Gasteiger partial charge in [0.2, 0.25) is 0 Å². The Bertz CT molecular complexity index is 1280. The van der Waals surface area contributed by atoms with E-state index in [0.29, 0.717) is 25.1 Å². The molecule has 218 valence electrons. The maximum absolute atomic E-state index is 8.74. The molecule has 0 radical (unpaired) electrons. The SMILES string of the molecule is CCCN(c1c(OC)nn2c(-c3c(OC)cc(COCC)cc3OC)csc12)C1CCCOC1.O=S(=O)(O)O. The third kappa shape index (κ3) is 7.74. The van der Waals surface area contributed by atoms with Crippen LogP contribution in [-0.4, -0.2) is 80.9 Å². The Morgan fingerprint density at radius 1 is 1.15 bits per heavy atom. The van der Waals surface area contributed by atoms with Crippen LogP contribution in [0.25, 0.3) is 16.1 Å². The molecule has 12 nitrogen and oxygen atoms in total. The van der Waals surface area contributed by atoms with Gasteiger partial charge in [0.05, 0.1) is 51.8 Å². The Morgan fingerprint density at radius 2 is 1.82 bits per heavy atom. The maximum Gasteiger partial charge on any atom is 0.394 e. The molecule has 2 aromatic heterocycles. The van der Waals surface area contributed by atoms with E-state index in [-0.39, 0.29) is 0 Å². The molecule has 1 fully saturated rings. The van der Waals surface area contributed by atoms with Crippen LogP contribution in [0.3, 0.4) is 0 Å². The van der Waals surface area contributed by atoms with Crippen molar-refractivity contribution in [2.24, 2.45) is 0 Å². The van der Waals surface area contributed by atoms with Crippen LogP contribution in [0.15, 0.2) is 17.5 Å². The number of rotatable bonds is 11. The molecule has 0 saturated carbocycles. The Hall–Kier alpha value is -2.62. The van der Waals surface area contributed by atoms with Crippen molar-refractivity contribution in [2.75, 3.05) is 52.6 Å². The average molecular weight is 588 g/mol. The molecule has 4 rings (SSSR count). The highest BCUT2D eigenvalue weighted by Gasteiger charge is 2.30. The summed E-state index contributed by atoms with van der Waals surface area (Å²) in [6.07, 6.45) is 3.19. The van der Waals surface area contributed by atoms with Crippen molar-refractivity contribution in [3.8, 4) is 28.6 Å². The fourth-order valence-corrected chi connectivity index (χ4v) is 5.56. The van der Waals surface area contributed by atoms with Crippen molar-refractivity contribution in [1.29, 1.82) is 0 Å². The number of hydrogen-bond donors (Lipinski definition) is 2. The zero-order valence-corrected chi connectivity index (χ0v) is 24.5. The van der Waals surface area contributed by atoms with Gasteiger partial charge in [0.15, 0.2) is 0 Å². The summed E-state index contributed by atoms with van der Waals surface area (Å²) in [6, 6.07) is 4.31. The molecule has 14 heteroatoms. The van der Waals surface area contributed by atoms with Gasteiger partial charge in [-0.25, -0.2) is 4.52 Å². The normalized spacial score (nSPS) is 15.5. The molecule has 1 unspecified atom stereocenters. The van der Waals surface area contributed by atoms with Crippen LogP contribution in [0.2, 0.25) is 0 Å². The zero-order valence-electron chi connectivity index (χ0n) is 22.9. The zero-order chi connectivity index (χ0) is 28.6. The van der Waals surface area contributed by atoms with E-state index in [1.807, 2.05) is 23.6 Å². The minimum atomic E-state index is -4.67. The number of thiazole rings is 1. The summed E-state index contributed by atoms with van der Waals surface area (Å²) < 4.78 is 62.3. The van der Waals surface area contributed by atoms with Gasteiger partial charge in [0, 0.05) is 25.1 Å². The van der Waals surface area contributed by atoms with Gasteiger partial charge in [0.1, 0.15) is 22.0 Å². The van der Waals surface area contributed by atoms with Crippen LogP contribution in [0.1, 0.15) is 38.7 Å². The van der Waals surface area contributed by atoms with Gasteiger partial charge in [-0.15, -0.1) is 16.4 Å². The lowest BCUT2D eigenvalue weighted by Gasteiger charge is -2.35. The highest BCUT2D eigenvalue weighted by atomic mass is 32.3. The molecule has 1 aromatic carbocycles. The molecule has 1 saturated heterocycles. The van der Waals surface area contributed by atoms with Crippen LogP contribution < -0.4 is 19.1 Å². The average Bonchev–Trinajstić information content (AvgIpc) is 3.48. The van der Waals surface area contributed by atoms with E-state index in [2.05, 4.69) is 17.2 Å². The van der Waals surface area contributed by atoms with Gasteiger partial charge in [-0.05, 0) is 43.9 Å². The predicted octanol–water partition coefficient (Wildman–Crippen LogP) is 4.37. The number of nitrogens with zero attached hydrogens (tertiary/aromatic N) is 3. The molecule has 1 atom stereocenters. The number of ether oxygens (including phenoxy) is 5. The Balaban J connectivity index is 0.000000771. The van der Waals surface area contributed by atoms with Gasteiger partial charge < -0.3 is 28.6 Å². The minimum absolute atomic E-state index is 0.308. The Kier molecular flexibility index (Phi) is 11.2. The molecule has 0 amide bonds. The quantitative estimate of drug-likeness (QED) is 0.309. The van der Waals surface area contributed by atoms with Gasteiger partial charge in [-0.3, -0.25) is 9.11 Å². The first kappa shape index (κ1) is 30.9. The van der Waals surface area contributed by atoms with Crippen molar-refractivity contribution in [1.82, 2.24) is 9.61 Å². The van der Waals surface area contributed by atoms with Crippen molar-refractivity contribution >= 4 is 32.3 Å². The fourth-order valence-electron chi connectivity index (χ4n) is 4.56. The summed E-state index contributed by atoms with van der Waals surface area (Å²) >= 11 is 1.65. The monoisotopic (exact) mass is 587 g/mol. The van der Waals surface area contributed by atoms with Crippen molar-refractivity contribution in [2.45, 2.75) is 45.8 Å². The van der Waals surface area contributed by atoms with Crippen LogP contribution in [0.5, 0.6) is 17.4 Å². The molecule has 3 heterocycles. The van der Waals surface area contributed by atoms with E-state index < -0.39 is 10.4 Å². The summed E-state index contributed by atoms with van der Waals surface area (Å²) in [4.78, 5) is 3.45. The summed E-state index contributed by atoms with van der Waals surface area (Å²) in [6.45, 7) is 7.79. The lowest BCUT2D eigenvalue weighted by molar-refractivity contribution is 0.0791. The first-order chi connectivity index (χ1) is 18.7. The third-order valence-electron chi connectivity index (χ3n) is 6.12. The summed E-state index contributed by atoms with van der Waals surface area (Å²) in [5, 5.41) is 6.98. The summed E-state index contributed by atoms with van der Waals surface area (Å²) in [5.41, 5.74) is 3.78. The molecule has 2 N–H and O–H groups in total. The van der Waals surface area contributed by atoms with Crippen molar-refractivity contribution in [3.05, 3.63) is 23.1 Å². The van der Waals surface area contributed by atoms with E-state index in [9.17, 15) is 0 Å². The van der Waals surface area contributed by atoms with Crippen LogP contribution in [0, 0.1) is 0 Å². The van der Waals surface area contributed by atoms with Gasteiger partial charge in [-0.1, -0.05) is 6.92 Å². The van der Waals surface area contributed by atoms with Gasteiger partial charge in [0.25, 0.3) is 5.88 Å². The van der Waals surface area contributed by atoms with E-state index >= 15 is 0 Å². The molecule has 0 aliphatic carbocycles. The third-order valence-corrected chi connectivity index (χ3v) is 7.05. The van der Waals surface area contributed by atoms with Gasteiger partial charge in [-0.2, -0.15) is 8.42 Å². The van der Waals surface area contributed by atoms with E-state index in [1.54, 1.807) is 32.7 Å². The van der Waals surface area contributed by atoms with Crippen LogP contribution in [0.4, 0.5) is 5.69 Å². The molecule has 39 heavy (non-hydrogen) atoms. The van der Waals surface area contributed by atoms with Crippen molar-refractivity contribution in [3.63, 3.8) is 0 Å². The lowest BCUT2D eigenvalue weighted by atomic mass is 10.1. The van der Waals surface area contributed by atoms with E-state index in [4.69, 9.17) is 46.3 Å². The number of fused-ring (bicyclic) bond motifs is 1. The first-order valence-corrected chi connectivity index (χ1v) is 14.9. The Morgan fingerprint density at radius 3 is 2.33 bits per heavy atom. The highest BCUT2D eigenvalue weighted by molar-refractivity contribution is 7.79.